The Hall–Kier alpha value is -1.52. The first-order valence-electron chi connectivity index (χ1n) is 6.96. The molecule has 1 atom stereocenters. The van der Waals surface area contributed by atoms with E-state index >= 15 is 0 Å². The molecule has 0 fully saturated rings. The van der Waals surface area contributed by atoms with Crippen LogP contribution >= 0.6 is 22.9 Å². The number of fused-ring (bicyclic) bond motifs is 1. The maximum Gasteiger partial charge on any atom is 0.251 e. The second kappa shape index (κ2) is 5.70. The fourth-order valence-electron chi connectivity index (χ4n) is 2.84. The number of thiophene rings is 1. The van der Waals surface area contributed by atoms with Crippen molar-refractivity contribution in [1.29, 1.82) is 0 Å². The van der Waals surface area contributed by atoms with Gasteiger partial charge in [-0.25, -0.2) is 0 Å². The molecule has 110 valence electrons. The Bertz CT molecular complexity index is 696. The van der Waals surface area contributed by atoms with Gasteiger partial charge in [0.25, 0.3) is 5.91 Å². The predicted octanol–water partition coefficient (Wildman–Crippen LogP) is 4.17. The van der Waals surface area contributed by atoms with Gasteiger partial charge in [0.15, 0.2) is 0 Å². The number of benzene rings is 1. The van der Waals surface area contributed by atoms with Gasteiger partial charge in [0.1, 0.15) is 0 Å². The first-order chi connectivity index (χ1) is 10.1. The third kappa shape index (κ3) is 2.65. The summed E-state index contributed by atoms with van der Waals surface area (Å²) in [6.45, 7) is 1.98. The zero-order chi connectivity index (χ0) is 15.0. The van der Waals surface area contributed by atoms with E-state index < -0.39 is 0 Å². The van der Waals surface area contributed by atoms with Crippen LogP contribution < -0.4 is 10.6 Å². The number of rotatable bonds is 3. The van der Waals surface area contributed by atoms with E-state index in [0.29, 0.717) is 5.56 Å². The molecule has 0 saturated heterocycles. The second-order valence-electron chi connectivity index (χ2n) is 5.22. The maximum atomic E-state index is 11.9. The Balaban J connectivity index is 1.88. The summed E-state index contributed by atoms with van der Waals surface area (Å²) in [6, 6.07) is 8.12. The number of amides is 1. The van der Waals surface area contributed by atoms with Crippen molar-refractivity contribution < 1.29 is 4.79 Å². The van der Waals surface area contributed by atoms with E-state index in [1.54, 1.807) is 18.4 Å². The van der Waals surface area contributed by atoms with Crippen LogP contribution in [-0.2, 0) is 6.42 Å². The first-order valence-corrected chi connectivity index (χ1v) is 8.16. The van der Waals surface area contributed by atoms with Crippen molar-refractivity contribution in [2.45, 2.75) is 25.8 Å². The minimum Gasteiger partial charge on any atom is -0.378 e. The summed E-state index contributed by atoms with van der Waals surface area (Å²) in [4.78, 5) is 13.2. The molecular formula is C16H17ClN2OS. The van der Waals surface area contributed by atoms with Crippen LogP contribution in [0.4, 0.5) is 5.69 Å². The number of hydrogen-bond donors (Lipinski definition) is 2. The molecule has 0 saturated carbocycles. The van der Waals surface area contributed by atoms with Crippen molar-refractivity contribution in [3.05, 3.63) is 50.2 Å². The number of carbonyl (C=O) groups is 1. The second-order valence-corrected chi connectivity index (χ2v) is 6.99. The maximum absolute atomic E-state index is 11.9. The highest BCUT2D eigenvalue weighted by atomic mass is 35.5. The van der Waals surface area contributed by atoms with Crippen LogP contribution in [0.5, 0.6) is 0 Å². The van der Waals surface area contributed by atoms with Crippen LogP contribution in [0, 0.1) is 6.92 Å². The van der Waals surface area contributed by atoms with E-state index in [1.807, 2.05) is 25.1 Å². The molecule has 1 aromatic carbocycles. The fourth-order valence-corrected chi connectivity index (χ4v) is 4.20. The largest absolute Gasteiger partial charge is 0.378 e. The average molecular weight is 321 g/mol. The molecule has 3 rings (SSSR count). The molecule has 0 bridgehead atoms. The van der Waals surface area contributed by atoms with Gasteiger partial charge >= 0.3 is 0 Å². The lowest BCUT2D eigenvalue weighted by molar-refractivity contribution is 0.0962. The van der Waals surface area contributed by atoms with Crippen molar-refractivity contribution in [1.82, 2.24) is 5.32 Å². The van der Waals surface area contributed by atoms with Crippen molar-refractivity contribution >= 4 is 34.5 Å². The summed E-state index contributed by atoms with van der Waals surface area (Å²) in [6.07, 6.45) is 2.14. The highest BCUT2D eigenvalue weighted by Gasteiger charge is 2.25. The van der Waals surface area contributed by atoms with Gasteiger partial charge in [-0.3, -0.25) is 4.79 Å². The van der Waals surface area contributed by atoms with Gasteiger partial charge in [0.2, 0.25) is 0 Å². The highest BCUT2D eigenvalue weighted by molar-refractivity contribution is 7.16. The lowest BCUT2D eigenvalue weighted by atomic mass is 10.0. The topological polar surface area (TPSA) is 41.1 Å². The van der Waals surface area contributed by atoms with Gasteiger partial charge in [-0.15, -0.1) is 11.3 Å². The molecular weight excluding hydrogens is 304 g/mol. The third-order valence-corrected chi connectivity index (χ3v) is 5.32. The summed E-state index contributed by atoms with van der Waals surface area (Å²) < 4.78 is 0.849. The number of anilines is 1. The van der Waals surface area contributed by atoms with Crippen LogP contribution in [0.1, 0.15) is 38.8 Å². The molecule has 0 radical (unpaired) electrons. The number of halogens is 1. The fraction of sp³-hybridized carbons (Fsp3) is 0.312. The number of carbonyl (C=O) groups excluding carboxylic acids is 1. The quantitative estimate of drug-likeness (QED) is 0.891. The lowest BCUT2D eigenvalue weighted by Crippen LogP contribution is -2.19. The number of hydrogen-bond acceptors (Lipinski definition) is 3. The van der Waals surface area contributed by atoms with Crippen molar-refractivity contribution in [3.8, 4) is 0 Å². The average Bonchev–Trinajstić information content (AvgIpc) is 3.00. The molecule has 1 unspecified atom stereocenters. The van der Waals surface area contributed by atoms with Crippen molar-refractivity contribution in [3.63, 3.8) is 0 Å². The first kappa shape index (κ1) is 14.4. The summed E-state index contributed by atoms with van der Waals surface area (Å²) >= 11 is 7.77. The molecule has 1 heterocycles. The minimum atomic E-state index is -0.0539. The Morgan fingerprint density at radius 3 is 3.00 bits per heavy atom. The van der Waals surface area contributed by atoms with Gasteiger partial charge in [-0.1, -0.05) is 17.7 Å². The van der Waals surface area contributed by atoms with Crippen LogP contribution in [0.2, 0.25) is 4.34 Å². The Kier molecular flexibility index (Phi) is 3.91. The third-order valence-electron chi connectivity index (χ3n) is 3.98. The van der Waals surface area contributed by atoms with E-state index in [2.05, 4.69) is 16.7 Å². The van der Waals surface area contributed by atoms with Crippen LogP contribution in [0.25, 0.3) is 0 Å². The number of aryl methyl sites for hydroxylation is 1. The summed E-state index contributed by atoms with van der Waals surface area (Å²) in [5.41, 5.74) is 4.00. The van der Waals surface area contributed by atoms with Gasteiger partial charge < -0.3 is 10.6 Å². The van der Waals surface area contributed by atoms with Gasteiger partial charge in [-0.2, -0.15) is 0 Å². The Morgan fingerprint density at radius 2 is 2.24 bits per heavy atom. The van der Waals surface area contributed by atoms with Crippen LogP contribution in [-0.4, -0.2) is 13.0 Å². The summed E-state index contributed by atoms with van der Waals surface area (Å²) in [7, 11) is 1.65. The van der Waals surface area contributed by atoms with E-state index in [0.717, 1.165) is 28.4 Å². The molecule has 1 aliphatic rings. The normalized spacial score (nSPS) is 16.6. The van der Waals surface area contributed by atoms with Gasteiger partial charge in [0.05, 0.1) is 10.4 Å². The molecule has 21 heavy (non-hydrogen) atoms. The summed E-state index contributed by atoms with van der Waals surface area (Å²) in [5.74, 6) is -0.0539. The van der Waals surface area contributed by atoms with Crippen LogP contribution in [0.3, 0.4) is 0 Å². The Labute approximate surface area is 133 Å². The van der Waals surface area contributed by atoms with E-state index in [4.69, 9.17) is 11.6 Å². The highest BCUT2D eigenvalue weighted by Crippen LogP contribution is 2.41. The molecule has 0 aliphatic heterocycles. The van der Waals surface area contributed by atoms with Crippen molar-refractivity contribution in [2.75, 3.05) is 12.4 Å². The van der Waals surface area contributed by atoms with E-state index in [-0.39, 0.29) is 11.9 Å². The van der Waals surface area contributed by atoms with Crippen molar-refractivity contribution in [2.24, 2.45) is 0 Å². The smallest absolute Gasteiger partial charge is 0.251 e. The van der Waals surface area contributed by atoms with E-state index in [1.165, 1.54) is 10.4 Å². The molecule has 3 nitrogen and oxygen atoms in total. The Morgan fingerprint density at radius 1 is 1.43 bits per heavy atom. The minimum absolute atomic E-state index is 0.0539. The molecule has 1 amide bonds. The van der Waals surface area contributed by atoms with E-state index in [9.17, 15) is 4.79 Å². The van der Waals surface area contributed by atoms with Crippen LogP contribution in [0.15, 0.2) is 24.3 Å². The SMILES string of the molecule is CNC(=O)c1cccc(NC2CCc3sc(Cl)cc32)c1C. The molecule has 2 aromatic rings. The molecule has 5 heteroatoms. The monoisotopic (exact) mass is 320 g/mol. The van der Waals surface area contributed by atoms with Gasteiger partial charge in [-0.05, 0) is 49.1 Å². The molecule has 1 aromatic heterocycles. The zero-order valence-corrected chi connectivity index (χ0v) is 13.6. The molecule has 2 N–H and O–H groups in total. The molecule has 0 spiro atoms. The summed E-state index contributed by atoms with van der Waals surface area (Å²) in [5, 5.41) is 6.25. The zero-order valence-electron chi connectivity index (χ0n) is 12.0. The number of nitrogens with one attached hydrogen (secondary N) is 2. The standard InChI is InChI=1S/C16H17ClN2OS/c1-9-10(16(20)18-2)4-3-5-12(9)19-13-6-7-14-11(13)8-15(17)21-14/h3-5,8,13,19H,6-7H2,1-2H3,(H,18,20). The van der Waals surface area contributed by atoms with Gasteiger partial charge in [0, 0.05) is 23.2 Å². The predicted molar refractivity (Wildman–Crippen MR) is 88.6 cm³/mol. The lowest BCUT2D eigenvalue weighted by Gasteiger charge is -2.18. The molecule has 1 aliphatic carbocycles.